The fourth-order valence-electron chi connectivity index (χ4n) is 2.67. The molecule has 0 atom stereocenters. The van der Waals surface area contributed by atoms with Crippen LogP contribution in [-0.4, -0.2) is 47.2 Å². The van der Waals surface area contributed by atoms with E-state index in [4.69, 9.17) is 13.9 Å². The van der Waals surface area contributed by atoms with Gasteiger partial charge in [-0.3, -0.25) is 29.4 Å². The molecule has 0 spiro atoms. The van der Waals surface area contributed by atoms with Gasteiger partial charge in [-0.25, -0.2) is 0 Å². The number of benzene rings is 1. The molecule has 2 heterocycles. The molecule has 1 aromatic carbocycles. The first-order valence-electron chi connectivity index (χ1n) is 8.67. The van der Waals surface area contributed by atoms with Crippen LogP contribution in [0.3, 0.4) is 0 Å². The van der Waals surface area contributed by atoms with Crippen molar-refractivity contribution in [3.8, 4) is 17.1 Å². The molecule has 2 aromatic rings. The lowest BCUT2D eigenvalue weighted by molar-refractivity contribution is -0.384. The lowest BCUT2D eigenvalue weighted by Crippen LogP contribution is -2.34. The fourth-order valence-corrected chi connectivity index (χ4v) is 3.49. The molecule has 10 nitrogen and oxygen atoms in total. The molecule has 1 aliphatic heterocycles. The van der Waals surface area contributed by atoms with Crippen molar-refractivity contribution in [3.05, 3.63) is 51.1 Å². The third-order valence-electron chi connectivity index (χ3n) is 4.03. The van der Waals surface area contributed by atoms with Gasteiger partial charge >= 0.3 is 5.97 Å². The Morgan fingerprint density at radius 2 is 2.07 bits per heavy atom. The maximum absolute atomic E-state index is 12.4. The fraction of sp³-hybridized carbons (Fsp3) is 0.211. The van der Waals surface area contributed by atoms with Gasteiger partial charge in [0.05, 0.1) is 35.2 Å². The standard InChI is InChI=1S/C19H16N2O8S/c1-3-28-17(22)10-20-18(23)16(30-19(20)24)9-12-5-7-15(29-12)13-6-4-11(27-2)8-14(13)21(25)26/h4-9H,3,10H2,1-2H3/b16-9-. The zero-order valence-corrected chi connectivity index (χ0v) is 16.8. The molecule has 11 heteroatoms. The van der Waals surface area contributed by atoms with Crippen LogP contribution in [0.15, 0.2) is 39.7 Å². The summed E-state index contributed by atoms with van der Waals surface area (Å²) in [7, 11) is 1.40. The molecule has 0 N–H and O–H groups in total. The number of carbonyl (C=O) groups is 3. The van der Waals surface area contributed by atoms with Gasteiger partial charge in [0, 0.05) is 6.08 Å². The second-order valence-corrected chi connectivity index (χ2v) is 6.91. The van der Waals surface area contributed by atoms with Crippen molar-refractivity contribution in [2.45, 2.75) is 6.92 Å². The van der Waals surface area contributed by atoms with Crippen LogP contribution in [0.5, 0.6) is 5.75 Å². The molecule has 1 fully saturated rings. The Morgan fingerprint density at radius 1 is 1.30 bits per heavy atom. The molecule has 0 unspecified atom stereocenters. The SMILES string of the molecule is CCOC(=O)CN1C(=O)S/C(=C\c2ccc(-c3ccc(OC)cc3[N+](=O)[O-])o2)C1=O. The summed E-state index contributed by atoms with van der Waals surface area (Å²) in [5.41, 5.74) is 0.0286. The lowest BCUT2D eigenvalue weighted by atomic mass is 10.1. The number of rotatable bonds is 7. The smallest absolute Gasteiger partial charge is 0.326 e. The minimum atomic E-state index is -0.687. The van der Waals surface area contributed by atoms with Crippen LogP contribution in [0.2, 0.25) is 0 Å². The number of amides is 2. The molecule has 0 saturated carbocycles. The maximum atomic E-state index is 12.4. The normalized spacial score (nSPS) is 15.0. The molecule has 0 aliphatic carbocycles. The van der Waals surface area contributed by atoms with E-state index in [0.29, 0.717) is 17.5 Å². The number of hydrogen-bond donors (Lipinski definition) is 0. The maximum Gasteiger partial charge on any atom is 0.326 e. The van der Waals surface area contributed by atoms with Crippen LogP contribution >= 0.6 is 11.8 Å². The van der Waals surface area contributed by atoms with Crippen molar-refractivity contribution in [2.75, 3.05) is 20.3 Å². The molecular weight excluding hydrogens is 416 g/mol. The summed E-state index contributed by atoms with van der Waals surface area (Å²) >= 11 is 0.661. The molecule has 1 aliphatic rings. The lowest BCUT2D eigenvalue weighted by Gasteiger charge is -2.10. The van der Waals surface area contributed by atoms with Gasteiger partial charge in [0.2, 0.25) is 0 Å². The van der Waals surface area contributed by atoms with E-state index < -0.39 is 28.6 Å². The van der Waals surface area contributed by atoms with Crippen LogP contribution in [0.1, 0.15) is 12.7 Å². The Bertz CT molecular complexity index is 1060. The van der Waals surface area contributed by atoms with Crippen molar-refractivity contribution < 1.29 is 33.2 Å². The Kier molecular flexibility index (Phi) is 6.21. The Morgan fingerprint density at radius 3 is 2.73 bits per heavy atom. The molecule has 0 bridgehead atoms. The predicted octanol–water partition coefficient (Wildman–Crippen LogP) is 3.46. The number of esters is 1. The first-order valence-corrected chi connectivity index (χ1v) is 9.49. The van der Waals surface area contributed by atoms with Crippen LogP contribution < -0.4 is 4.74 Å². The zero-order chi connectivity index (χ0) is 21.8. The van der Waals surface area contributed by atoms with E-state index in [1.807, 2.05) is 0 Å². The first-order chi connectivity index (χ1) is 14.3. The van der Waals surface area contributed by atoms with Gasteiger partial charge in [-0.2, -0.15) is 0 Å². The van der Waals surface area contributed by atoms with Gasteiger partial charge in [-0.05, 0) is 43.0 Å². The molecule has 30 heavy (non-hydrogen) atoms. The van der Waals surface area contributed by atoms with Gasteiger partial charge in [0.15, 0.2) is 0 Å². The number of ether oxygens (including phenoxy) is 2. The molecule has 3 rings (SSSR count). The number of furan rings is 1. The third kappa shape index (κ3) is 4.35. The average Bonchev–Trinajstić information content (AvgIpc) is 3.28. The number of hydrogen-bond acceptors (Lipinski definition) is 9. The van der Waals surface area contributed by atoms with Gasteiger partial charge < -0.3 is 13.9 Å². The number of thioether (sulfide) groups is 1. The molecule has 1 aromatic heterocycles. The Balaban J connectivity index is 1.85. The summed E-state index contributed by atoms with van der Waals surface area (Å²) in [5, 5.41) is 10.8. The highest BCUT2D eigenvalue weighted by Crippen LogP contribution is 2.36. The van der Waals surface area contributed by atoms with Crippen molar-refractivity contribution in [1.82, 2.24) is 4.90 Å². The molecule has 2 amide bonds. The summed E-state index contributed by atoms with van der Waals surface area (Å²) in [6.07, 6.45) is 1.34. The van der Waals surface area contributed by atoms with E-state index in [-0.39, 0.29) is 34.3 Å². The van der Waals surface area contributed by atoms with E-state index >= 15 is 0 Å². The molecule has 1 saturated heterocycles. The van der Waals surface area contributed by atoms with Gasteiger partial charge in [-0.1, -0.05) is 0 Å². The van der Waals surface area contributed by atoms with Crippen LogP contribution in [-0.2, 0) is 14.3 Å². The van der Waals surface area contributed by atoms with Gasteiger partial charge in [0.1, 0.15) is 23.8 Å². The van der Waals surface area contributed by atoms with Crippen LogP contribution in [0.4, 0.5) is 10.5 Å². The summed E-state index contributed by atoms with van der Waals surface area (Å²) < 4.78 is 15.4. The van der Waals surface area contributed by atoms with Crippen molar-refractivity contribution in [1.29, 1.82) is 0 Å². The highest BCUT2D eigenvalue weighted by Gasteiger charge is 2.37. The molecule has 156 valence electrons. The monoisotopic (exact) mass is 432 g/mol. The number of methoxy groups -OCH3 is 1. The van der Waals surface area contributed by atoms with E-state index in [1.54, 1.807) is 13.0 Å². The summed E-state index contributed by atoms with van der Waals surface area (Å²) in [5.74, 6) is -0.579. The number of nitro benzene ring substituents is 1. The quantitative estimate of drug-likeness (QED) is 0.279. The van der Waals surface area contributed by atoms with E-state index in [1.165, 1.54) is 37.5 Å². The average molecular weight is 432 g/mol. The highest BCUT2D eigenvalue weighted by molar-refractivity contribution is 8.18. The van der Waals surface area contributed by atoms with Gasteiger partial charge in [-0.15, -0.1) is 0 Å². The Hall–Kier alpha value is -3.60. The molecular formula is C19H16N2O8S. The minimum Gasteiger partial charge on any atom is -0.497 e. The number of imide groups is 1. The summed E-state index contributed by atoms with van der Waals surface area (Å²) in [6, 6.07) is 7.36. The predicted molar refractivity (Wildman–Crippen MR) is 107 cm³/mol. The first kappa shape index (κ1) is 21.1. The number of nitrogens with zero attached hydrogens (tertiary/aromatic N) is 2. The second kappa shape index (κ2) is 8.82. The van der Waals surface area contributed by atoms with E-state index in [0.717, 1.165) is 4.90 Å². The van der Waals surface area contributed by atoms with Crippen molar-refractivity contribution >= 4 is 40.6 Å². The summed E-state index contributed by atoms with van der Waals surface area (Å²) in [4.78, 5) is 47.7. The summed E-state index contributed by atoms with van der Waals surface area (Å²) in [6.45, 7) is 1.28. The van der Waals surface area contributed by atoms with E-state index in [2.05, 4.69) is 0 Å². The van der Waals surface area contributed by atoms with E-state index in [9.17, 15) is 24.5 Å². The van der Waals surface area contributed by atoms with Gasteiger partial charge in [0.25, 0.3) is 16.8 Å². The largest absolute Gasteiger partial charge is 0.497 e. The zero-order valence-electron chi connectivity index (χ0n) is 15.9. The Labute approximate surface area is 174 Å². The topological polar surface area (TPSA) is 129 Å². The second-order valence-electron chi connectivity index (χ2n) is 5.92. The highest BCUT2D eigenvalue weighted by atomic mass is 32.2. The van der Waals surface area contributed by atoms with Crippen LogP contribution in [0.25, 0.3) is 17.4 Å². The minimum absolute atomic E-state index is 0.0643. The van der Waals surface area contributed by atoms with Crippen molar-refractivity contribution in [3.63, 3.8) is 0 Å². The third-order valence-corrected chi connectivity index (χ3v) is 4.94. The van der Waals surface area contributed by atoms with Crippen LogP contribution in [0, 0.1) is 10.1 Å². The van der Waals surface area contributed by atoms with Crippen molar-refractivity contribution in [2.24, 2.45) is 0 Å². The molecule has 0 radical (unpaired) electrons. The number of nitro groups is 1. The number of carbonyl (C=O) groups excluding carboxylic acids is 3.